The fourth-order valence-corrected chi connectivity index (χ4v) is 4.06. The molecule has 122 valence electrons. The predicted octanol–water partition coefficient (Wildman–Crippen LogP) is 1.19. The Morgan fingerprint density at radius 3 is 2.70 bits per heavy atom. The van der Waals surface area contributed by atoms with E-state index in [1.165, 1.54) is 0 Å². The highest BCUT2D eigenvalue weighted by molar-refractivity contribution is 5.84. The summed E-state index contributed by atoms with van der Waals surface area (Å²) < 4.78 is 0. The molecule has 1 aromatic heterocycles. The van der Waals surface area contributed by atoms with E-state index in [9.17, 15) is 9.59 Å². The van der Waals surface area contributed by atoms with Gasteiger partial charge in [0.25, 0.3) is 0 Å². The van der Waals surface area contributed by atoms with Gasteiger partial charge in [-0.3, -0.25) is 9.78 Å². The lowest BCUT2D eigenvalue weighted by atomic mass is 10.0. The number of urea groups is 1. The van der Waals surface area contributed by atoms with Crippen LogP contribution in [0.25, 0.3) is 0 Å². The van der Waals surface area contributed by atoms with Crippen LogP contribution in [-0.2, 0) is 11.3 Å². The van der Waals surface area contributed by atoms with E-state index in [-0.39, 0.29) is 23.8 Å². The van der Waals surface area contributed by atoms with Crippen LogP contribution in [-0.4, -0.2) is 64.3 Å². The number of carbonyl (C=O) groups is 2. The largest absolute Gasteiger partial charge is 0.338 e. The highest BCUT2D eigenvalue weighted by Gasteiger charge is 2.47. The fraction of sp³-hybridized carbons (Fsp3) is 0.588. The van der Waals surface area contributed by atoms with Crippen molar-refractivity contribution in [3.05, 3.63) is 30.1 Å². The average molecular weight is 314 g/mol. The van der Waals surface area contributed by atoms with E-state index in [2.05, 4.69) is 4.98 Å². The zero-order valence-corrected chi connectivity index (χ0v) is 13.2. The molecular formula is C17H22N4O2. The topological polar surface area (TPSA) is 56.8 Å². The third kappa shape index (κ3) is 2.66. The summed E-state index contributed by atoms with van der Waals surface area (Å²) in [5.74, 6) is 0.458. The highest BCUT2D eigenvalue weighted by Crippen LogP contribution is 2.33. The molecule has 0 aromatic carbocycles. The molecule has 6 heteroatoms. The smallest absolute Gasteiger partial charge is 0.320 e. The molecule has 0 unspecified atom stereocenters. The minimum atomic E-state index is -0.0155. The van der Waals surface area contributed by atoms with Crippen LogP contribution in [0.5, 0.6) is 0 Å². The molecule has 4 heterocycles. The summed E-state index contributed by atoms with van der Waals surface area (Å²) in [4.78, 5) is 35.0. The summed E-state index contributed by atoms with van der Waals surface area (Å²) in [6.07, 6.45) is 5.75. The van der Waals surface area contributed by atoms with Crippen molar-refractivity contribution in [2.75, 3.05) is 32.7 Å². The van der Waals surface area contributed by atoms with Gasteiger partial charge in [-0.05, 0) is 24.5 Å². The van der Waals surface area contributed by atoms with Gasteiger partial charge in [-0.25, -0.2) is 4.79 Å². The molecule has 3 fully saturated rings. The Kier molecular flexibility index (Phi) is 3.67. The van der Waals surface area contributed by atoms with Gasteiger partial charge in [0.15, 0.2) is 0 Å². The predicted molar refractivity (Wildman–Crippen MR) is 84.4 cm³/mol. The fourth-order valence-electron chi connectivity index (χ4n) is 4.06. The van der Waals surface area contributed by atoms with Crippen molar-refractivity contribution in [3.8, 4) is 0 Å². The van der Waals surface area contributed by atoms with Gasteiger partial charge in [0.2, 0.25) is 5.91 Å². The zero-order chi connectivity index (χ0) is 15.8. The first-order valence-corrected chi connectivity index (χ1v) is 8.44. The summed E-state index contributed by atoms with van der Waals surface area (Å²) in [5.41, 5.74) is 1.06. The molecule has 0 radical (unpaired) electrons. The van der Waals surface area contributed by atoms with E-state index in [4.69, 9.17) is 0 Å². The summed E-state index contributed by atoms with van der Waals surface area (Å²) in [6, 6.07) is 4.02. The van der Waals surface area contributed by atoms with Crippen LogP contribution in [0.3, 0.4) is 0 Å². The maximum atomic E-state index is 12.6. The van der Waals surface area contributed by atoms with Crippen LogP contribution in [0.4, 0.5) is 4.79 Å². The van der Waals surface area contributed by atoms with E-state index in [0.717, 1.165) is 44.6 Å². The number of fused-ring (bicyclic) bond motifs is 1. The normalized spacial score (nSPS) is 27.0. The number of hydrogen-bond acceptors (Lipinski definition) is 3. The van der Waals surface area contributed by atoms with Crippen LogP contribution in [0.15, 0.2) is 24.5 Å². The Labute approximate surface area is 136 Å². The van der Waals surface area contributed by atoms with E-state index < -0.39 is 0 Å². The van der Waals surface area contributed by atoms with E-state index >= 15 is 0 Å². The van der Waals surface area contributed by atoms with E-state index in [1.807, 2.05) is 33.0 Å². The van der Waals surface area contributed by atoms with Crippen molar-refractivity contribution >= 4 is 11.9 Å². The molecule has 3 aliphatic heterocycles. The lowest BCUT2D eigenvalue weighted by Gasteiger charge is -2.26. The number of amides is 3. The third-order valence-electron chi connectivity index (χ3n) is 5.27. The van der Waals surface area contributed by atoms with Gasteiger partial charge in [-0.1, -0.05) is 6.07 Å². The minimum absolute atomic E-state index is 0.0155. The molecule has 2 atom stereocenters. The molecule has 23 heavy (non-hydrogen) atoms. The average Bonchev–Trinajstić information content (AvgIpc) is 3.28. The molecule has 6 nitrogen and oxygen atoms in total. The number of aromatic nitrogens is 1. The molecule has 0 saturated carbocycles. The van der Waals surface area contributed by atoms with Gasteiger partial charge in [0, 0.05) is 57.6 Å². The summed E-state index contributed by atoms with van der Waals surface area (Å²) in [5, 5.41) is 0. The SMILES string of the molecule is O=C1[C@@H]2CN(C(=O)N3CCCC3)C[C@@H]2CN1Cc1cccnc1. The van der Waals surface area contributed by atoms with Gasteiger partial charge in [-0.2, -0.15) is 0 Å². The quantitative estimate of drug-likeness (QED) is 0.824. The molecular weight excluding hydrogens is 292 g/mol. The Hall–Kier alpha value is -2.11. The van der Waals surface area contributed by atoms with Crippen LogP contribution < -0.4 is 0 Å². The van der Waals surface area contributed by atoms with Crippen molar-refractivity contribution in [1.29, 1.82) is 0 Å². The first kappa shape index (κ1) is 14.5. The second kappa shape index (κ2) is 5.83. The maximum Gasteiger partial charge on any atom is 0.320 e. The Balaban J connectivity index is 1.38. The lowest BCUT2D eigenvalue weighted by Crippen LogP contribution is -2.42. The van der Waals surface area contributed by atoms with Crippen molar-refractivity contribution in [3.63, 3.8) is 0 Å². The van der Waals surface area contributed by atoms with E-state index in [0.29, 0.717) is 13.1 Å². The Morgan fingerprint density at radius 2 is 2.00 bits per heavy atom. The van der Waals surface area contributed by atoms with Crippen molar-refractivity contribution in [1.82, 2.24) is 19.7 Å². The van der Waals surface area contributed by atoms with Gasteiger partial charge < -0.3 is 14.7 Å². The summed E-state index contributed by atoms with van der Waals surface area (Å²) >= 11 is 0. The number of rotatable bonds is 2. The molecule has 0 bridgehead atoms. The highest BCUT2D eigenvalue weighted by atomic mass is 16.2. The summed E-state index contributed by atoms with van der Waals surface area (Å²) in [7, 11) is 0. The first-order chi connectivity index (χ1) is 11.2. The maximum absolute atomic E-state index is 12.6. The van der Waals surface area contributed by atoms with Crippen molar-refractivity contribution in [2.24, 2.45) is 11.8 Å². The van der Waals surface area contributed by atoms with Gasteiger partial charge in [0.05, 0.1) is 5.92 Å². The molecule has 0 N–H and O–H groups in total. The van der Waals surface area contributed by atoms with Gasteiger partial charge in [-0.15, -0.1) is 0 Å². The van der Waals surface area contributed by atoms with Crippen molar-refractivity contribution < 1.29 is 9.59 Å². The number of nitrogens with zero attached hydrogens (tertiary/aromatic N) is 4. The van der Waals surface area contributed by atoms with Crippen LogP contribution in [0.1, 0.15) is 18.4 Å². The Morgan fingerprint density at radius 1 is 1.17 bits per heavy atom. The molecule has 4 rings (SSSR count). The van der Waals surface area contributed by atoms with Crippen LogP contribution in [0, 0.1) is 11.8 Å². The molecule has 0 spiro atoms. The molecule has 1 aromatic rings. The molecule has 3 aliphatic rings. The lowest BCUT2D eigenvalue weighted by molar-refractivity contribution is -0.131. The van der Waals surface area contributed by atoms with Gasteiger partial charge >= 0.3 is 6.03 Å². The van der Waals surface area contributed by atoms with Crippen LogP contribution in [0.2, 0.25) is 0 Å². The minimum Gasteiger partial charge on any atom is -0.338 e. The van der Waals surface area contributed by atoms with Crippen LogP contribution >= 0.6 is 0 Å². The second-order valence-electron chi connectivity index (χ2n) is 6.83. The summed E-state index contributed by atoms with van der Waals surface area (Å²) in [6.45, 7) is 4.41. The van der Waals surface area contributed by atoms with Crippen molar-refractivity contribution in [2.45, 2.75) is 19.4 Å². The Bertz CT molecular complexity index is 600. The standard InChI is InChI=1S/C17H22N4O2/c22-16-15-12-21(17(23)19-6-1-2-7-19)11-14(15)10-20(16)9-13-4-3-5-18-8-13/h3-5,8,14-15H,1-2,6-7,9-12H2/t14-,15+/m0/s1. The second-order valence-corrected chi connectivity index (χ2v) is 6.83. The molecule has 0 aliphatic carbocycles. The van der Waals surface area contributed by atoms with E-state index in [1.54, 1.807) is 6.20 Å². The first-order valence-electron chi connectivity index (χ1n) is 8.44. The number of likely N-dealkylation sites (tertiary alicyclic amines) is 3. The number of hydrogen-bond donors (Lipinski definition) is 0. The third-order valence-corrected chi connectivity index (χ3v) is 5.27. The zero-order valence-electron chi connectivity index (χ0n) is 13.2. The molecule has 3 amide bonds. The molecule has 3 saturated heterocycles. The van der Waals surface area contributed by atoms with Gasteiger partial charge in [0.1, 0.15) is 0 Å². The number of carbonyl (C=O) groups excluding carboxylic acids is 2. The number of pyridine rings is 1. The monoisotopic (exact) mass is 314 g/mol.